The quantitative estimate of drug-likeness (QED) is 0.734. The number of hydrogen-bond acceptors (Lipinski definition) is 3. The molecule has 0 fully saturated rings. The lowest BCUT2D eigenvalue weighted by atomic mass is 10.0. The summed E-state index contributed by atoms with van der Waals surface area (Å²) in [5.74, 6) is -0.189. The first kappa shape index (κ1) is 17.5. The average Bonchev–Trinajstić information content (AvgIpc) is 2.65. The summed E-state index contributed by atoms with van der Waals surface area (Å²) in [6, 6.07) is 22.0. The smallest absolute Gasteiger partial charge is 0.257 e. The van der Waals surface area contributed by atoms with Crippen molar-refractivity contribution >= 4 is 5.91 Å². The largest absolute Gasteiger partial charge is 0.508 e. The second kappa shape index (κ2) is 7.74. The maximum absolute atomic E-state index is 12.8. The molecule has 0 aromatic heterocycles. The van der Waals surface area contributed by atoms with Crippen LogP contribution in [0.15, 0.2) is 72.8 Å². The van der Waals surface area contributed by atoms with Crippen LogP contribution < -0.4 is 0 Å². The maximum Gasteiger partial charge on any atom is 0.257 e. The molecule has 0 saturated carbocycles. The van der Waals surface area contributed by atoms with Gasteiger partial charge in [-0.15, -0.1) is 0 Å². The number of carbonyl (C=O) groups is 1. The monoisotopic (exact) mass is 347 g/mol. The molecule has 0 aliphatic carbocycles. The van der Waals surface area contributed by atoms with E-state index < -0.39 is 0 Å². The molecule has 2 N–H and O–H groups in total. The van der Waals surface area contributed by atoms with Gasteiger partial charge in [-0.05, 0) is 35.7 Å². The Balaban J connectivity index is 1.80. The fraction of sp³-hybridized carbons (Fsp3) is 0.136. The number of carbonyl (C=O) groups excluding carboxylic acids is 1. The van der Waals surface area contributed by atoms with Gasteiger partial charge in [0.25, 0.3) is 5.91 Å². The highest BCUT2D eigenvalue weighted by Crippen LogP contribution is 2.24. The van der Waals surface area contributed by atoms with Crippen LogP contribution in [0.1, 0.15) is 27.0 Å². The molecule has 3 aromatic rings. The minimum Gasteiger partial charge on any atom is -0.508 e. The highest BCUT2D eigenvalue weighted by atomic mass is 16.3. The van der Waals surface area contributed by atoms with Crippen LogP contribution in [-0.4, -0.2) is 28.1 Å². The van der Waals surface area contributed by atoms with Crippen molar-refractivity contribution in [1.29, 1.82) is 0 Å². The zero-order chi connectivity index (χ0) is 18.5. The molecule has 1 amide bonds. The van der Waals surface area contributed by atoms with Crippen LogP contribution in [0.25, 0.3) is 0 Å². The molecule has 0 heterocycles. The molecule has 0 unspecified atom stereocenters. The van der Waals surface area contributed by atoms with Crippen LogP contribution in [0.4, 0.5) is 0 Å². The van der Waals surface area contributed by atoms with Crippen molar-refractivity contribution in [2.45, 2.75) is 13.0 Å². The summed E-state index contributed by atoms with van der Waals surface area (Å²) in [6.07, 6.45) is 0.685. The lowest BCUT2D eigenvalue weighted by Gasteiger charge is -2.19. The first-order valence-corrected chi connectivity index (χ1v) is 8.43. The van der Waals surface area contributed by atoms with Crippen molar-refractivity contribution in [3.63, 3.8) is 0 Å². The van der Waals surface area contributed by atoms with Crippen molar-refractivity contribution in [2.75, 3.05) is 7.05 Å². The summed E-state index contributed by atoms with van der Waals surface area (Å²) in [5, 5.41) is 20.0. The Morgan fingerprint density at radius 1 is 0.846 bits per heavy atom. The Morgan fingerprint density at radius 2 is 1.54 bits per heavy atom. The lowest BCUT2D eigenvalue weighted by molar-refractivity contribution is 0.0781. The van der Waals surface area contributed by atoms with Crippen LogP contribution in [0.3, 0.4) is 0 Å². The molecule has 0 saturated heterocycles. The third-order valence-electron chi connectivity index (χ3n) is 4.29. The topological polar surface area (TPSA) is 60.8 Å². The number of nitrogens with zero attached hydrogens (tertiary/aromatic N) is 1. The molecule has 4 heteroatoms. The number of amides is 1. The van der Waals surface area contributed by atoms with E-state index in [1.54, 1.807) is 37.4 Å². The molecule has 4 nitrogen and oxygen atoms in total. The van der Waals surface area contributed by atoms with E-state index in [0.29, 0.717) is 12.0 Å². The number of benzene rings is 3. The molecule has 3 aromatic carbocycles. The lowest BCUT2D eigenvalue weighted by Crippen LogP contribution is -2.26. The number of para-hydroxylation sites is 1. The average molecular weight is 347 g/mol. The van der Waals surface area contributed by atoms with Crippen LogP contribution >= 0.6 is 0 Å². The predicted octanol–water partition coefficient (Wildman–Crippen LogP) is 3.96. The van der Waals surface area contributed by atoms with Gasteiger partial charge in [-0.2, -0.15) is 0 Å². The van der Waals surface area contributed by atoms with Crippen molar-refractivity contribution in [3.8, 4) is 11.5 Å². The molecule has 0 radical (unpaired) electrons. The Labute approximate surface area is 153 Å². The van der Waals surface area contributed by atoms with Crippen molar-refractivity contribution in [3.05, 3.63) is 95.1 Å². The molecule has 3 rings (SSSR count). The number of phenolic OH excluding ortho intramolecular Hbond substituents is 2. The van der Waals surface area contributed by atoms with E-state index in [1.165, 1.54) is 4.90 Å². The standard InChI is InChI=1S/C22H21NO3/c1-23(15-18-9-5-6-10-20(18)24)22(26)19-14-17(11-12-21(19)25)13-16-7-3-2-4-8-16/h2-12,14,24-25H,13,15H2,1H3. The van der Waals surface area contributed by atoms with E-state index in [0.717, 1.165) is 11.1 Å². The van der Waals surface area contributed by atoms with Gasteiger partial charge in [-0.25, -0.2) is 0 Å². The molecular weight excluding hydrogens is 326 g/mol. The Morgan fingerprint density at radius 3 is 2.27 bits per heavy atom. The van der Waals surface area contributed by atoms with Crippen molar-refractivity contribution in [2.24, 2.45) is 0 Å². The van der Waals surface area contributed by atoms with Crippen LogP contribution in [-0.2, 0) is 13.0 Å². The molecule has 0 bridgehead atoms. The second-order valence-electron chi connectivity index (χ2n) is 6.30. The van der Waals surface area contributed by atoms with E-state index in [9.17, 15) is 15.0 Å². The number of rotatable bonds is 5. The van der Waals surface area contributed by atoms with Gasteiger partial charge in [0.15, 0.2) is 0 Å². The van der Waals surface area contributed by atoms with E-state index in [-0.39, 0.29) is 29.5 Å². The molecule has 0 aliphatic heterocycles. The van der Waals surface area contributed by atoms with E-state index in [4.69, 9.17) is 0 Å². The van der Waals surface area contributed by atoms with E-state index >= 15 is 0 Å². The molecule has 0 atom stereocenters. The third-order valence-corrected chi connectivity index (χ3v) is 4.29. The summed E-state index contributed by atoms with van der Waals surface area (Å²) in [4.78, 5) is 14.3. The molecular formula is C22H21NO3. The van der Waals surface area contributed by atoms with Gasteiger partial charge in [0.2, 0.25) is 0 Å². The minimum atomic E-state index is -0.291. The summed E-state index contributed by atoms with van der Waals surface area (Å²) >= 11 is 0. The molecule has 132 valence electrons. The van der Waals surface area contributed by atoms with Gasteiger partial charge in [-0.3, -0.25) is 4.79 Å². The van der Waals surface area contributed by atoms with Gasteiger partial charge in [0.05, 0.1) is 5.56 Å². The number of hydrogen-bond donors (Lipinski definition) is 2. The van der Waals surface area contributed by atoms with Gasteiger partial charge in [0, 0.05) is 19.2 Å². The van der Waals surface area contributed by atoms with E-state index in [2.05, 4.69) is 0 Å². The summed E-state index contributed by atoms with van der Waals surface area (Å²) in [7, 11) is 1.65. The van der Waals surface area contributed by atoms with Gasteiger partial charge >= 0.3 is 0 Å². The SMILES string of the molecule is CN(Cc1ccccc1O)C(=O)c1cc(Cc2ccccc2)ccc1O. The van der Waals surface area contributed by atoms with Crippen LogP contribution in [0.2, 0.25) is 0 Å². The summed E-state index contributed by atoms with van der Waals surface area (Å²) in [6.45, 7) is 0.258. The zero-order valence-electron chi connectivity index (χ0n) is 14.6. The van der Waals surface area contributed by atoms with Crippen molar-refractivity contribution in [1.82, 2.24) is 4.90 Å². The molecule has 26 heavy (non-hydrogen) atoms. The van der Waals surface area contributed by atoms with Gasteiger partial charge < -0.3 is 15.1 Å². The first-order chi connectivity index (χ1) is 12.5. The van der Waals surface area contributed by atoms with Crippen LogP contribution in [0.5, 0.6) is 11.5 Å². The number of phenols is 2. The Bertz CT molecular complexity index is 906. The minimum absolute atomic E-state index is 0.0454. The Hall–Kier alpha value is -3.27. The fourth-order valence-corrected chi connectivity index (χ4v) is 2.87. The number of aromatic hydroxyl groups is 2. The molecule has 0 aliphatic rings. The summed E-state index contributed by atoms with van der Waals surface area (Å²) < 4.78 is 0. The Kier molecular flexibility index (Phi) is 5.23. The normalized spacial score (nSPS) is 10.5. The highest BCUT2D eigenvalue weighted by Gasteiger charge is 2.17. The predicted molar refractivity (Wildman–Crippen MR) is 101 cm³/mol. The zero-order valence-corrected chi connectivity index (χ0v) is 14.6. The van der Waals surface area contributed by atoms with Gasteiger partial charge in [-0.1, -0.05) is 54.6 Å². The maximum atomic E-state index is 12.8. The van der Waals surface area contributed by atoms with Gasteiger partial charge in [0.1, 0.15) is 11.5 Å². The van der Waals surface area contributed by atoms with Crippen molar-refractivity contribution < 1.29 is 15.0 Å². The fourth-order valence-electron chi connectivity index (χ4n) is 2.87. The highest BCUT2D eigenvalue weighted by molar-refractivity contribution is 5.96. The molecule has 0 spiro atoms. The van der Waals surface area contributed by atoms with Crippen LogP contribution in [0, 0.1) is 0 Å². The summed E-state index contributed by atoms with van der Waals surface area (Å²) in [5.41, 5.74) is 3.01. The second-order valence-corrected chi connectivity index (χ2v) is 6.30. The third kappa shape index (κ3) is 4.03. The first-order valence-electron chi connectivity index (χ1n) is 8.43. The van der Waals surface area contributed by atoms with E-state index in [1.807, 2.05) is 42.5 Å².